The van der Waals surface area contributed by atoms with Gasteiger partial charge in [0.25, 0.3) is 11.8 Å². The van der Waals surface area contributed by atoms with Crippen molar-refractivity contribution in [3.63, 3.8) is 0 Å². The molecule has 0 bridgehead atoms. The minimum atomic E-state index is -0.356. The molecule has 2 aromatic heterocycles. The number of nitrogens with zero attached hydrogens (tertiary/aromatic N) is 5. The third-order valence-corrected chi connectivity index (χ3v) is 5.52. The Balaban J connectivity index is 1.36. The van der Waals surface area contributed by atoms with E-state index in [-0.39, 0.29) is 17.6 Å². The Morgan fingerprint density at radius 1 is 0.875 bits per heavy atom. The molecule has 0 unspecified atom stereocenters. The van der Waals surface area contributed by atoms with Crippen molar-refractivity contribution in [2.24, 2.45) is 0 Å². The van der Waals surface area contributed by atoms with Gasteiger partial charge in [0.15, 0.2) is 0 Å². The van der Waals surface area contributed by atoms with Crippen LogP contribution in [0, 0.1) is 5.82 Å². The molecule has 8 heteroatoms. The summed E-state index contributed by atoms with van der Waals surface area (Å²) < 4.78 is 13.1. The number of benzene rings is 1. The SMILES string of the molecule is O=C(c1ccc(F)cc1)N1CCN(CCN(C(=O)c2ccncc2)c2cccnc2)CC1. The number of carbonyl (C=O) groups excluding carboxylic acids is 2. The molecule has 3 aromatic rings. The molecular formula is C24H24FN5O2. The summed E-state index contributed by atoms with van der Waals surface area (Å²) in [5, 5.41) is 0. The Labute approximate surface area is 186 Å². The van der Waals surface area contributed by atoms with Gasteiger partial charge in [0.1, 0.15) is 5.82 Å². The molecule has 1 aliphatic heterocycles. The maximum absolute atomic E-state index is 13.1. The van der Waals surface area contributed by atoms with Crippen molar-refractivity contribution in [2.75, 3.05) is 44.2 Å². The third-order valence-electron chi connectivity index (χ3n) is 5.52. The van der Waals surface area contributed by atoms with Crippen molar-refractivity contribution in [3.05, 3.63) is 90.3 Å². The molecule has 1 aromatic carbocycles. The van der Waals surface area contributed by atoms with Crippen molar-refractivity contribution in [2.45, 2.75) is 0 Å². The highest BCUT2D eigenvalue weighted by Crippen LogP contribution is 2.16. The normalized spacial score (nSPS) is 14.2. The molecular weight excluding hydrogens is 409 g/mol. The summed E-state index contributed by atoms with van der Waals surface area (Å²) in [6.45, 7) is 3.75. The van der Waals surface area contributed by atoms with Crippen molar-refractivity contribution in [3.8, 4) is 0 Å². The van der Waals surface area contributed by atoms with Crippen LogP contribution in [0.15, 0.2) is 73.3 Å². The van der Waals surface area contributed by atoms with Gasteiger partial charge in [-0.25, -0.2) is 4.39 Å². The lowest BCUT2D eigenvalue weighted by molar-refractivity contribution is 0.0640. The Morgan fingerprint density at radius 3 is 2.25 bits per heavy atom. The van der Waals surface area contributed by atoms with Gasteiger partial charge < -0.3 is 9.80 Å². The van der Waals surface area contributed by atoms with Gasteiger partial charge in [-0.2, -0.15) is 0 Å². The molecule has 0 aliphatic carbocycles. The summed E-state index contributed by atoms with van der Waals surface area (Å²) in [6.07, 6.45) is 6.56. The van der Waals surface area contributed by atoms with Gasteiger partial charge in [-0.15, -0.1) is 0 Å². The fourth-order valence-corrected chi connectivity index (χ4v) is 3.70. The lowest BCUT2D eigenvalue weighted by atomic mass is 10.1. The van der Waals surface area contributed by atoms with E-state index in [9.17, 15) is 14.0 Å². The van der Waals surface area contributed by atoms with Crippen molar-refractivity contribution in [1.29, 1.82) is 0 Å². The predicted octanol–water partition coefficient (Wildman–Crippen LogP) is 2.72. The lowest BCUT2D eigenvalue weighted by Crippen LogP contribution is -2.50. The summed E-state index contributed by atoms with van der Waals surface area (Å²) in [7, 11) is 0. The van der Waals surface area contributed by atoms with E-state index < -0.39 is 0 Å². The zero-order valence-electron chi connectivity index (χ0n) is 17.6. The number of aromatic nitrogens is 2. The largest absolute Gasteiger partial charge is 0.336 e. The second kappa shape index (κ2) is 10.1. The van der Waals surface area contributed by atoms with Gasteiger partial charge >= 0.3 is 0 Å². The molecule has 2 amide bonds. The van der Waals surface area contributed by atoms with E-state index >= 15 is 0 Å². The molecule has 3 heterocycles. The van der Waals surface area contributed by atoms with Crippen molar-refractivity contribution >= 4 is 17.5 Å². The highest BCUT2D eigenvalue weighted by molar-refractivity contribution is 6.05. The number of hydrogen-bond acceptors (Lipinski definition) is 5. The molecule has 1 aliphatic rings. The minimum absolute atomic E-state index is 0.0884. The van der Waals surface area contributed by atoms with Crippen molar-refractivity contribution < 1.29 is 14.0 Å². The number of piperazine rings is 1. The average Bonchev–Trinajstić information content (AvgIpc) is 2.86. The van der Waals surface area contributed by atoms with E-state index in [1.54, 1.807) is 46.7 Å². The van der Waals surface area contributed by atoms with E-state index in [2.05, 4.69) is 14.9 Å². The molecule has 0 radical (unpaired) electrons. The highest BCUT2D eigenvalue weighted by atomic mass is 19.1. The zero-order valence-corrected chi connectivity index (χ0v) is 17.6. The molecule has 0 saturated carbocycles. The van der Waals surface area contributed by atoms with E-state index in [1.165, 1.54) is 24.3 Å². The first-order valence-corrected chi connectivity index (χ1v) is 10.5. The first-order valence-electron chi connectivity index (χ1n) is 10.5. The molecule has 0 spiro atoms. The van der Waals surface area contributed by atoms with Crippen molar-refractivity contribution in [1.82, 2.24) is 19.8 Å². The molecule has 7 nitrogen and oxygen atoms in total. The van der Waals surface area contributed by atoms with Crippen LogP contribution in [0.3, 0.4) is 0 Å². The Morgan fingerprint density at radius 2 is 1.59 bits per heavy atom. The second-order valence-electron chi connectivity index (χ2n) is 7.54. The van der Waals surface area contributed by atoms with Crippen LogP contribution in [-0.4, -0.2) is 70.9 Å². The van der Waals surface area contributed by atoms with E-state index in [4.69, 9.17) is 0 Å². The maximum Gasteiger partial charge on any atom is 0.258 e. The lowest BCUT2D eigenvalue weighted by Gasteiger charge is -2.36. The van der Waals surface area contributed by atoms with Crippen LogP contribution in [0.25, 0.3) is 0 Å². The van der Waals surface area contributed by atoms with Crippen LogP contribution in [0.2, 0.25) is 0 Å². The first kappa shape index (κ1) is 21.6. The fraction of sp³-hybridized carbons (Fsp3) is 0.250. The second-order valence-corrected chi connectivity index (χ2v) is 7.54. The summed E-state index contributed by atoms with van der Waals surface area (Å²) in [4.78, 5) is 39.6. The number of rotatable bonds is 6. The average molecular weight is 433 g/mol. The maximum atomic E-state index is 13.1. The van der Waals surface area contributed by atoms with Crippen LogP contribution >= 0.6 is 0 Å². The van der Waals surface area contributed by atoms with Gasteiger partial charge in [0, 0.05) is 69.0 Å². The van der Waals surface area contributed by atoms with Crippen LogP contribution in [-0.2, 0) is 0 Å². The molecule has 0 atom stereocenters. The smallest absolute Gasteiger partial charge is 0.258 e. The first-order chi connectivity index (χ1) is 15.6. The fourth-order valence-electron chi connectivity index (χ4n) is 3.70. The quantitative estimate of drug-likeness (QED) is 0.598. The molecule has 1 saturated heterocycles. The zero-order chi connectivity index (χ0) is 22.3. The van der Waals surface area contributed by atoms with E-state index in [1.807, 2.05) is 12.1 Å². The standard InChI is InChI=1S/C24H24FN5O2/c25-21-5-3-19(4-6-21)23(31)29-15-12-28(13-16-29)14-17-30(22-2-1-9-27-18-22)24(32)20-7-10-26-11-8-20/h1-11,18H,12-17H2. The minimum Gasteiger partial charge on any atom is -0.336 e. The molecule has 0 N–H and O–H groups in total. The Kier molecular flexibility index (Phi) is 6.81. The summed E-state index contributed by atoms with van der Waals surface area (Å²) in [6, 6.07) is 12.7. The number of halogens is 1. The summed E-state index contributed by atoms with van der Waals surface area (Å²) >= 11 is 0. The van der Waals surface area contributed by atoms with Crippen LogP contribution < -0.4 is 4.90 Å². The van der Waals surface area contributed by atoms with E-state index in [0.717, 1.165) is 5.69 Å². The topological polar surface area (TPSA) is 69.6 Å². The van der Waals surface area contributed by atoms with Crippen LogP contribution in [0.4, 0.5) is 10.1 Å². The highest BCUT2D eigenvalue weighted by Gasteiger charge is 2.24. The van der Waals surface area contributed by atoms with Gasteiger partial charge in [0.05, 0.1) is 11.9 Å². The number of anilines is 1. The van der Waals surface area contributed by atoms with E-state index in [0.29, 0.717) is 50.4 Å². The summed E-state index contributed by atoms with van der Waals surface area (Å²) in [5.41, 5.74) is 1.79. The number of carbonyl (C=O) groups is 2. The molecule has 164 valence electrons. The number of pyridine rings is 2. The Hall–Kier alpha value is -3.65. The van der Waals surface area contributed by atoms with Gasteiger partial charge in [0.2, 0.25) is 0 Å². The van der Waals surface area contributed by atoms with Gasteiger partial charge in [-0.05, 0) is 48.5 Å². The van der Waals surface area contributed by atoms with Gasteiger partial charge in [-0.1, -0.05) is 0 Å². The molecule has 1 fully saturated rings. The Bertz CT molecular complexity index is 1040. The monoisotopic (exact) mass is 433 g/mol. The van der Waals surface area contributed by atoms with Gasteiger partial charge in [-0.3, -0.25) is 24.5 Å². The number of hydrogen-bond donors (Lipinski definition) is 0. The number of amides is 2. The third kappa shape index (κ3) is 5.15. The predicted molar refractivity (Wildman–Crippen MR) is 119 cm³/mol. The molecule has 4 rings (SSSR count). The summed E-state index contributed by atoms with van der Waals surface area (Å²) in [5.74, 6) is -0.550. The molecule has 32 heavy (non-hydrogen) atoms. The van der Waals surface area contributed by atoms with Crippen LogP contribution in [0.5, 0.6) is 0 Å². The van der Waals surface area contributed by atoms with Crippen LogP contribution in [0.1, 0.15) is 20.7 Å².